The monoisotopic (exact) mass is 238 g/mol. The van der Waals surface area contributed by atoms with Gasteiger partial charge in [-0.25, -0.2) is 0 Å². The van der Waals surface area contributed by atoms with Crippen LogP contribution in [0.2, 0.25) is 16.6 Å². The van der Waals surface area contributed by atoms with Crippen LogP contribution in [0.25, 0.3) is 0 Å². The maximum absolute atomic E-state index is 2.62. The van der Waals surface area contributed by atoms with Gasteiger partial charge in [0.25, 0.3) is 0 Å². The second kappa shape index (κ2) is 5.53. The lowest BCUT2D eigenvalue weighted by atomic mass is 10.1. The SMILES string of the molecule is CC(C)[Si](C1=CCCCC1)(C(C)C)C(C)C. The largest absolute Gasteiger partial charge is 0.0891 e. The molecule has 0 atom stereocenters. The van der Waals surface area contributed by atoms with E-state index < -0.39 is 8.07 Å². The highest BCUT2D eigenvalue weighted by atomic mass is 28.3. The molecule has 0 fully saturated rings. The lowest BCUT2D eigenvalue weighted by Crippen LogP contribution is -2.47. The summed E-state index contributed by atoms with van der Waals surface area (Å²) in [4.78, 5) is 0. The molecule has 0 radical (unpaired) electrons. The average Bonchev–Trinajstić information content (AvgIpc) is 2.18. The van der Waals surface area contributed by atoms with Crippen molar-refractivity contribution in [3.05, 3.63) is 11.3 Å². The third-order valence-electron chi connectivity index (χ3n) is 4.71. The second-order valence-corrected chi connectivity index (χ2v) is 12.3. The van der Waals surface area contributed by atoms with E-state index in [9.17, 15) is 0 Å². The molecule has 0 spiro atoms. The van der Waals surface area contributed by atoms with Crippen molar-refractivity contribution in [2.45, 2.75) is 83.8 Å². The van der Waals surface area contributed by atoms with Crippen molar-refractivity contribution < 1.29 is 0 Å². The van der Waals surface area contributed by atoms with Gasteiger partial charge in [0, 0.05) is 0 Å². The second-order valence-electron chi connectivity index (χ2n) is 6.37. The zero-order valence-electron chi connectivity index (χ0n) is 12.1. The van der Waals surface area contributed by atoms with E-state index in [0.717, 1.165) is 16.6 Å². The van der Waals surface area contributed by atoms with Crippen molar-refractivity contribution in [3.63, 3.8) is 0 Å². The fourth-order valence-corrected chi connectivity index (χ4v) is 11.7. The predicted octanol–water partition coefficient (Wildman–Crippen LogP) is 5.70. The molecule has 1 aliphatic carbocycles. The van der Waals surface area contributed by atoms with Gasteiger partial charge in [-0.15, -0.1) is 0 Å². The quantitative estimate of drug-likeness (QED) is 0.551. The summed E-state index contributed by atoms with van der Waals surface area (Å²) in [5.41, 5.74) is 2.66. The summed E-state index contributed by atoms with van der Waals surface area (Å²) in [5, 5.41) is 1.90. The van der Waals surface area contributed by atoms with Gasteiger partial charge in [-0.1, -0.05) is 52.8 Å². The van der Waals surface area contributed by atoms with Crippen LogP contribution in [0, 0.1) is 0 Å². The minimum Gasteiger partial charge on any atom is -0.0891 e. The number of allylic oxidation sites excluding steroid dienone is 2. The minimum atomic E-state index is -1.27. The Morgan fingerprint density at radius 3 is 1.69 bits per heavy atom. The third-order valence-corrected chi connectivity index (χ3v) is 12.0. The summed E-state index contributed by atoms with van der Waals surface area (Å²) in [6, 6.07) is 0. The Bertz CT molecular complexity index is 226. The molecule has 0 nitrogen and oxygen atoms in total. The first-order chi connectivity index (χ1) is 7.44. The normalized spacial score (nSPS) is 18.4. The number of rotatable bonds is 4. The Labute approximate surface area is 104 Å². The van der Waals surface area contributed by atoms with E-state index in [1.165, 1.54) is 25.7 Å². The summed E-state index contributed by atoms with van der Waals surface area (Å²) < 4.78 is 0. The summed E-state index contributed by atoms with van der Waals surface area (Å²) in [5.74, 6) is 0. The molecule has 1 rings (SSSR count). The van der Waals surface area contributed by atoms with Crippen LogP contribution in [0.5, 0.6) is 0 Å². The van der Waals surface area contributed by atoms with Gasteiger partial charge in [-0.3, -0.25) is 0 Å². The molecule has 0 amide bonds. The molecule has 0 unspecified atom stereocenters. The Hall–Kier alpha value is -0.0431. The van der Waals surface area contributed by atoms with E-state index >= 15 is 0 Å². The zero-order valence-corrected chi connectivity index (χ0v) is 13.1. The van der Waals surface area contributed by atoms with Crippen LogP contribution in [-0.2, 0) is 0 Å². The van der Waals surface area contributed by atoms with Gasteiger partial charge in [0.1, 0.15) is 0 Å². The molecule has 94 valence electrons. The molecule has 1 aliphatic rings. The summed E-state index contributed by atoms with van der Waals surface area (Å²) in [6.45, 7) is 14.8. The molecule has 0 aliphatic heterocycles. The first-order valence-corrected chi connectivity index (χ1v) is 9.36. The van der Waals surface area contributed by atoms with E-state index in [0.29, 0.717) is 0 Å². The number of hydrogen-bond donors (Lipinski definition) is 0. The Balaban J connectivity index is 3.15. The van der Waals surface area contributed by atoms with Gasteiger partial charge in [-0.05, 0) is 42.3 Å². The summed E-state index contributed by atoms with van der Waals surface area (Å²) in [7, 11) is -1.27. The Morgan fingerprint density at radius 1 is 0.875 bits per heavy atom. The van der Waals surface area contributed by atoms with Crippen molar-refractivity contribution in [1.29, 1.82) is 0 Å². The highest BCUT2D eigenvalue weighted by Gasteiger charge is 2.45. The smallest absolute Gasteiger partial charge is 0.0886 e. The predicted molar refractivity (Wildman–Crippen MR) is 77.6 cm³/mol. The molecule has 0 aromatic heterocycles. The van der Waals surface area contributed by atoms with Crippen LogP contribution < -0.4 is 0 Å². The molecule has 0 heterocycles. The fraction of sp³-hybridized carbons (Fsp3) is 0.867. The van der Waals surface area contributed by atoms with Crippen LogP contribution in [-0.4, -0.2) is 8.07 Å². The highest BCUT2D eigenvalue weighted by molar-refractivity contribution is 6.89. The van der Waals surface area contributed by atoms with Gasteiger partial charge >= 0.3 is 0 Å². The zero-order chi connectivity index (χ0) is 12.3. The van der Waals surface area contributed by atoms with Crippen LogP contribution in [0.4, 0.5) is 0 Å². The molecule has 1 heteroatoms. The molecule has 0 aromatic carbocycles. The molecule has 0 aromatic rings. The van der Waals surface area contributed by atoms with Crippen molar-refractivity contribution in [1.82, 2.24) is 0 Å². The first-order valence-electron chi connectivity index (χ1n) is 7.13. The third kappa shape index (κ3) is 2.29. The molecular formula is C15H30Si. The van der Waals surface area contributed by atoms with E-state index in [4.69, 9.17) is 0 Å². The molecule has 0 N–H and O–H groups in total. The number of hydrogen-bond acceptors (Lipinski definition) is 0. The Kier molecular flexibility index (Phi) is 4.84. The highest BCUT2D eigenvalue weighted by Crippen LogP contribution is 2.48. The van der Waals surface area contributed by atoms with Crippen molar-refractivity contribution in [3.8, 4) is 0 Å². The average molecular weight is 238 g/mol. The van der Waals surface area contributed by atoms with Crippen LogP contribution in [0.15, 0.2) is 11.3 Å². The van der Waals surface area contributed by atoms with Crippen molar-refractivity contribution in [2.24, 2.45) is 0 Å². The maximum atomic E-state index is 2.62. The van der Waals surface area contributed by atoms with E-state index in [-0.39, 0.29) is 0 Å². The molecule has 0 saturated heterocycles. The van der Waals surface area contributed by atoms with Gasteiger partial charge in [0.15, 0.2) is 0 Å². The van der Waals surface area contributed by atoms with Crippen molar-refractivity contribution in [2.75, 3.05) is 0 Å². The topological polar surface area (TPSA) is 0 Å². The molecule has 0 saturated carbocycles. The van der Waals surface area contributed by atoms with Gasteiger partial charge < -0.3 is 0 Å². The van der Waals surface area contributed by atoms with E-state index in [1.54, 1.807) is 0 Å². The van der Waals surface area contributed by atoms with Gasteiger partial charge in [0.05, 0.1) is 8.07 Å². The van der Waals surface area contributed by atoms with Gasteiger partial charge in [-0.2, -0.15) is 0 Å². The van der Waals surface area contributed by atoms with Crippen molar-refractivity contribution >= 4 is 8.07 Å². The lowest BCUT2D eigenvalue weighted by molar-refractivity contribution is 0.699. The first kappa shape index (κ1) is 14.0. The molecule has 0 bridgehead atoms. The van der Waals surface area contributed by atoms with Gasteiger partial charge in [0.2, 0.25) is 0 Å². The molecule has 16 heavy (non-hydrogen) atoms. The maximum Gasteiger partial charge on any atom is 0.0886 e. The van der Waals surface area contributed by atoms with Crippen LogP contribution in [0.1, 0.15) is 67.2 Å². The lowest BCUT2D eigenvalue weighted by Gasteiger charge is -2.46. The van der Waals surface area contributed by atoms with E-state index in [1.807, 2.05) is 5.20 Å². The van der Waals surface area contributed by atoms with E-state index in [2.05, 4.69) is 47.6 Å². The van der Waals surface area contributed by atoms with Crippen LogP contribution in [0.3, 0.4) is 0 Å². The molecular weight excluding hydrogens is 208 g/mol. The van der Waals surface area contributed by atoms with Crippen LogP contribution >= 0.6 is 0 Å². The summed E-state index contributed by atoms with van der Waals surface area (Å²) >= 11 is 0. The Morgan fingerprint density at radius 2 is 1.38 bits per heavy atom. The minimum absolute atomic E-state index is 0.886. The standard InChI is InChI=1S/C15H30Si/c1-12(2)16(13(3)4,14(5)6)15-10-8-7-9-11-15/h10,12-14H,7-9,11H2,1-6H3. The summed E-state index contributed by atoms with van der Waals surface area (Å²) in [6.07, 6.45) is 8.22. The fourth-order valence-electron chi connectivity index (χ4n) is 4.34.